The van der Waals surface area contributed by atoms with Crippen LogP contribution in [0.5, 0.6) is 5.75 Å². The number of pyridine rings is 2. The molecule has 0 fully saturated rings. The van der Waals surface area contributed by atoms with Crippen molar-refractivity contribution in [2.75, 3.05) is 0 Å². The second-order valence-electron chi connectivity index (χ2n) is 4.57. The Balaban J connectivity index is 1.86. The lowest BCUT2D eigenvalue weighted by Gasteiger charge is -2.08. The van der Waals surface area contributed by atoms with Crippen LogP contribution >= 0.6 is 11.6 Å². The highest BCUT2D eigenvalue weighted by atomic mass is 35.5. The number of halogens is 1. The minimum atomic E-state index is 0.482. The molecule has 3 aromatic rings. The number of nitrogens with zero attached hydrogens (tertiary/aromatic N) is 2. The average Bonchev–Trinajstić information content (AvgIpc) is 2.46. The Hall–Kier alpha value is -2.13. The molecule has 0 aliphatic heterocycles. The van der Waals surface area contributed by atoms with E-state index in [9.17, 15) is 0 Å². The molecule has 0 saturated carbocycles. The fraction of sp³-hybridized carbons (Fsp3) is 0.125. The van der Waals surface area contributed by atoms with Crippen molar-refractivity contribution in [3.05, 3.63) is 65.1 Å². The number of fused-ring (bicyclic) bond motifs is 1. The lowest BCUT2D eigenvalue weighted by Crippen LogP contribution is -1.96. The third-order valence-corrected chi connectivity index (χ3v) is 3.30. The Morgan fingerprint density at radius 2 is 2.10 bits per heavy atom. The second kappa shape index (κ2) is 5.47. The van der Waals surface area contributed by atoms with Crippen molar-refractivity contribution in [2.24, 2.45) is 0 Å². The van der Waals surface area contributed by atoms with E-state index in [-0.39, 0.29) is 0 Å². The molecular formula is C16H13ClN2O. The van der Waals surface area contributed by atoms with Crippen molar-refractivity contribution in [3.8, 4) is 5.75 Å². The van der Waals surface area contributed by atoms with Crippen LogP contribution in [-0.2, 0) is 6.61 Å². The van der Waals surface area contributed by atoms with Gasteiger partial charge in [0.25, 0.3) is 0 Å². The van der Waals surface area contributed by atoms with Gasteiger partial charge in [-0.1, -0.05) is 17.7 Å². The highest BCUT2D eigenvalue weighted by Gasteiger charge is 2.04. The minimum absolute atomic E-state index is 0.482. The molecule has 3 nitrogen and oxygen atoms in total. The first-order chi connectivity index (χ1) is 9.72. The van der Waals surface area contributed by atoms with Crippen molar-refractivity contribution < 1.29 is 4.74 Å². The summed E-state index contributed by atoms with van der Waals surface area (Å²) in [6.45, 7) is 2.41. The van der Waals surface area contributed by atoms with E-state index in [1.165, 1.54) is 0 Å². The zero-order chi connectivity index (χ0) is 13.9. The fourth-order valence-corrected chi connectivity index (χ4v) is 2.34. The van der Waals surface area contributed by atoms with E-state index >= 15 is 0 Å². The molecule has 100 valence electrons. The number of ether oxygens (including phenoxy) is 1. The minimum Gasteiger partial charge on any atom is -0.489 e. The smallest absolute Gasteiger partial charge is 0.120 e. The van der Waals surface area contributed by atoms with Crippen molar-refractivity contribution in [1.29, 1.82) is 0 Å². The number of hydrogen-bond acceptors (Lipinski definition) is 3. The molecule has 0 N–H and O–H groups in total. The van der Waals surface area contributed by atoms with Gasteiger partial charge in [0.2, 0.25) is 0 Å². The van der Waals surface area contributed by atoms with Crippen molar-refractivity contribution in [1.82, 2.24) is 9.97 Å². The Morgan fingerprint density at radius 1 is 1.20 bits per heavy atom. The van der Waals surface area contributed by atoms with Gasteiger partial charge in [-0.15, -0.1) is 0 Å². The highest BCUT2D eigenvalue weighted by Crippen LogP contribution is 2.27. The van der Waals surface area contributed by atoms with Crippen molar-refractivity contribution >= 4 is 22.5 Å². The zero-order valence-corrected chi connectivity index (χ0v) is 11.8. The fourth-order valence-electron chi connectivity index (χ4n) is 2.03. The van der Waals surface area contributed by atoms with Gasteiger partial charge in [-0.05, 0) is 37.3 Å². The first-order valence-corrected chi connectivity index (χ1v) is 6.69. The van der Waals surface area contributed by atoms with E-state index in [0.29, 0.717) is 11.6 Å². The molecule has 0 unspecified atom stereocenters. The van der Waals surface area contributed by atoms with E-state index < -0.39 is 0 Å². The Kier molecular flexibility index (Phi) is 3.52. The summed E-state index contributed by atoms with van der Waals surface area (Å²) in [4.78, 5) is 8.51. The van der Waals surface area contributed by atoms with Gasteiger partial charge in [0.1, 0.15) is 12.4 Å². The Morgan fingerprint density at radius 3 is 2.90 bits per heavy atom. The van der Waals surface area contributed by atoms with E-state index in [1.807, 2.05) is 43.3 Å². The molecule has 0 saturated heterocycles. The molecule has 4 heteroatoms. The number of hydrogen-bond donors (Lipinski definition) is 0. The summed E-state index contributed by atoms with van der Waals surface area (Å²) >= 11 is 6.25. The van der Waals surface area contributed by atoms with E-state index in [4.69, 9.17) is 16.3 Å². The number of benzene rings is 1. The van der Waals surface area contributed by atoms with Crippen LogP contribution in [0, 0.1) is 6.92 Å². The van der Waals surface area contributed by atoms with Gasteiger partial charge in [0.15, 0.2) is 0 Å². The maximum Gasteiger partial charge on any atom is 0.120 e. The zero-order valence-electron chi connectivity index (χ0n) is 11.0. The third-order valence-electron chi connectivity index (χ3n) is 2.99. The van der Waals surface area contributed by atoms with Crippen LogP contribution in [-0.4, -0.2) is 9.97 Å². The Labute approximate surface area is 122 Å². The van der Waals surface area contributed by atoms with Gasteiger partial charge in [-0.3, -0.25) is 9.97 Å². The topological polar surface area (TPSA) is 35.0 Å². The van der Waals surface area contributed by atoms with E-state index in [2.05, 4.69) is 9.97 Å². The quantitative estimate of drug-likeness (QED) is 0.724. The summed E-state index contributed by atoms with van der Waals surface area (Å²) in [5, 5.41) is 1.60. The van der Waals surface area contributed by atoms with E-state index in [1.54, 1.807) is 12.4 Å². The number of rotatable bonds is 3. The van der Waals surface area contributed by atoms with Crippen LogP contribution in [0.25, 0.3) is 10.9 Å². The first kappa shape index (κ1) is 12.9. The van der Waals surface area contributed by atoms with Gasteiger partial charge in [-0.2, -0.15) is 0 Å². The monoisotopic (exact) mass is 284 g/mol. The molecule has 1 aromatic carbocycles. The maximum atomic E-state index is 6.25. The number of aryl methyl sites for hydroxylation is 1. The standard InChI is InChI=1S/C16H13ClN2O/c1-11-7-15(17)14-8-13(4-5-16(14)19-11)20-10-12-3-2-6-18-9-12/h2-9H,10H2,1H3. The van der Waals surface area contributed by atoms with Gasteiger partial charge in [0, 0.05) is 29.0 Å². The summed E-state index contributed by atoms with van der Waals surface area (Å²) in [6.07, 6.45) is 3.53. The lowest BCUT2D eigenvalue weighted by atomic mass is 10.2. The van der Waals surface area contributed by atoms with Crippen LogP contribution in [0.15, 0.2) is 48.8 Å². The molecule has 0 atom stereocenters. The third kappa shape index (κ3) is 2.73. The molecule has 0 radical (unpaired) electrons. The summed E-state index contributed by atoms with van der Waals surface area (Å²) in [7, 11) is 0. The molecule has 0 amide bonds. The summed E-state index contributed by atoms with van der Waals surface area (Å²) in [6, 6.07) is 11.5. The predicted molar refractivity (Wildman–Crippen MR) is 80.1 cm³/mol. The van der Waals surface area contributed by atoms with E-state index in [0.717, 1.165) is 27.9 Å². The van der Waals surface area contributed by atoms with Crippen LogP contribution in [0.1, 0.15) is 11.3 Å². The molecule has 0 bridgehead atoms. The predicted octanol–water partition coefficient (Wildman–Crippen LogP) is 4.17. The van der Waals surface area contributed by atoms with Crippen molar-refractivity contribution in [2.45, 2.75) is 13.5 Å². The maximum absolute atomic E-state index is 6.25. The molecule has 3 rings (SSSR count). The van der Waals surface area contributed by atoms with Crippen LogP contribution < -0.4 is 4.74 Å². The summed E-state index contributed by atoms with van der Waals surface area (Å²) in [5.41, 5.74) is 2.82. The normalized spacial score (nSPS) is 10.7. The van der Waals surface area contributed by atoms with Gasteiger partial charge in [-0.25, -0.2) is 0 Å². The first-order valence-electron chi connectivity index (χ1n) is 6.31. The average molecular weight is 285 g/mol. The van der Waals surface area contributed by atoms with Crippen molar-refractivity contribution in [3.63, 3.8) is 0 Å². The van der Waals surface area contributed by atoms with Crippen LogP contribution in [0.3, 0.4) is 0 Å². The summed E-state index contributed by atoms with van der Waals surface area (Å²) in [5.74, 6) is 0.772. The summed E-state index contributed by atoms with van der Waals surface area (Å²) < 4.78 is 5.76. The van der Waals surface area contributed by atoms with Gasteiger partial charge in [0.05, 0.1) is 10.5 Å². The van der Waals surface area contributed by atoms with Crippen LogP contribution in [0.2, 0.25) is 5.02 Å². The SMILES string of the molecule is Cc1cc(Cl)c2cc(OCc3cccnc3)ccc2n1. The molecule has 2 heterocycles. The van der Waals surface area contributed by atoms with Crippen LogP contribution in [0.4, 0.5) is 0 Å². The largest absolute Gasteiger partial charge is 0.489 e. The molecule has 0 spiro atoms. The molecule has 0 aliphatic rings. The lowest BCUT2D eigenvalue weighted by molar-refractivity contribution is 0.306. The molecule has 2 aromatic heterocycles. The Bertz CT molecular complexity index is 744. The molecule has 0 aliphatic carbocycles. The van der Waals surface area contributed by atoms with Gasteiger partial charge < -0.3 is 4.74 Å². The second-order valence-corrected chi connectivity index (χ2v) is 4.98. The van der Waals surface area contributed by atoms with Gasteiger partial charge >= 0.3 is 0 Å². The molecule has 20 heavy (non-hydrogen) atoms. The number of aromatic nitrogens is 2. The molecular weight excluding hydrogens is 272 g/mol. The highest BCUT2D eigenvalue weighted by molar-refractivity contribution is 6.35.